The van der Waals surface area contributed by atoms with E-state index in [1.807, 2.05) is 18.2 Å². The minimum Gasteiger partial charge on any atom is -0.408 e. The van der Waals surface area contributed by atoms with Crippen LogP contribution in [0.5, 0.6) is 0 Å². The van der Waals surface area contributed by atoms with E-state index in [9.17, 15) is 9.90 Å². The van der Waals surface area contributed by atoms with Crippen LogP contribution >= 0.6 is 0 Å². The first-order chi connectivity index (χ1) is 8.16. The summed E-state index contributed by atoms with van der Waals surface area (Å²) in [5, 5.41) is 9.52. The van der Waals surface area contributed by atoms with Crippen molar-refractivity contribution >= 4 is 11.1 Å². The van der Waals surface area contributed by atoms with Gasteiger partial charge in [0, 0.05) is 12.5 Å². The van der Waals surface area contributed by atoms with Gasteiger partial charge in [-0.15, -0.1) is 0 Å². The van der Waals surface area contributed by atoms with Crippen molar-refractivity contribution in [2.75, 3.05) is 6.61 Å². The molecule has 17 heavy (non-hydrogen) atoms. The Morgan fingerprint density at radius 3 is 2.82 bits per heavy atom. The third-order valence-electron chi connectivity index (χ3n) is 4.02. The van der Waals surface area contributed by atoms with E-state index in [4.69, 9.17) is 4.42 Å². The lowest BCUT2D eigenvalue weighted by atomic mass is 9.65. The fraction of sp³-hybridized carbons (Fsp3) is 0.462. The lowest BCUT2D eigenvalue weighted by Gasteiger charge is -2.40. The highest BCUT2D eigenvalue weighted by Crippen LogP contribution is 2.43. The van der Waals surface area contributed by atoms with E-state index < -0.39 is 0 Å². The second kappa shape index (κ2) is 3.47. The van der Waals surface area contributed by atoms with Gasteiger partial charge in [0.1, 0.15) is 0 Å². The number of aliphatic hydroxyl groups is 1. The van der Waals surface area contributed by atoms with Gasteiger partial charge in [0.25, 0.3) is 0 Å². The number of aliphatic hydroxyl groups excluding tert-OH is 1. The van der Waals surface area contributed by atoms with Crippen LogP contribution in [0, 0.1) is 0 Å². The Labute approximate surface area is 98.5 Å². The average molecular weight is 233 g/mol. The van der Waals surface area contributed by atoms with Crippen molar-refractivity contribution in [3.63, 3.8) is 0 Å². The Balaban J connectivity index is 2.17. The minimum atomic E-state index is -0.344. The van der Waals surface area contributed by atoms with Gasteiger partial charge in [-0.25, -0.2) is 4.79 Å². The Kier molecular flexibility index (Phi) is 2.16. The minimum absolute atomic E-state index is 0.109. The molecule has 4 heteroatoms. The van der Waals surface area contributed by atoms with Crippen molar-refractivity contribution < 1.29 is 9.52 Å². The number of nitrogens with zero attached hydrogens (tertiary/aromatic N) is 1. The van der Waals surface area contributed by atoms with Crippen LogP contribution in [0.3, 0.4) is 0 Å². The van der Waals surface area contributed by atoms with E-state index in [2.05, 4.69) is 0 Å². The summed E-state index contributed by atoms with van der Waals surface area (Å²) in [5.41, 5.74) is 2.37. The largest absolute Gasteiger partial charge is 0.419 e. The second-order valence-electron chi connectivity index (χ2n) is 4.90. The van der Waals surface area contributed by atoms with E-state index in [0.29, 0.717) is 5.58 Å². The van der Waals surface area contributed by atoms with Crippen LogP contribution in [0.2, 0.25) is 0 Å². The van der Waals surface area contributed by atoms with Gasteiger partial charge in [0.05, 0.1) is 12.1 Å². The molecule has 0 spiro atoms. The fourth-order valence-corrected chi connectivity index (χ4v) is 2.61. The summed E-state index contributed by atoms with van der Waals surface area (Å²) in [6.45, 7) is 0.162. The van der Waals surface area contributed by atoms with Gasteiger partial charge in [-0.2, -0.15) is 0 Å². The molecule has 2 aromatic rings. The van der Waals surface area contributed by atoms with Crippen molar-refractivity contribution in [3.05, 3.63) is 34.3 Å². The molecule has 0 radical (unpaired) electrons. The van der Waals surface area contributed by atoms with Gasteiger partial charge in [-0.3, -0.25) is 4.57 Å². The Hall–Kier alpha value is -1.55. The normalized spacial score (nSPS) is 18.2. The maximum absolute atomic E-state index is 11.4. The molecule has 90 valence electrons. The number of fused-ring (bicyclic) bond motifs is 1. The maximum Gasteiger partial charge on any atom is 0.419 e. The summed E-state index contributed by atoms with van der Waals surface area (Å²) in [6, 6.07) is 5.78. The zero-order chi connectivity index (χ0) is 12.0. The van der Waals surface area contributed by atoms with Crippen molar-refractivity contribution in [2.45, 2.75) is 24.7 Å². The van der Waals surface area contributed by atoms with Crippen LogP contribution < -0.4 is 5.76 Å². The highest BCUT2D eigenvalue weighted by atomic mass is 16.4. The van der Waals surface area contributed by atoms with E-state index in [-0.39, 0.29) is 17.8 Å². The number of oxazole rings is 1. The van der Waals surface area contributed by atoms with E-state index in [1.54, 1.807) is 7.05 Å². The molecule has 4 nitrogen and oxygen atoms in total. The lowest BCUT2D eigenvalue weighted by Crippen LogP contribution is -2.37. The molecule has 0 atom stereocenters. The first kappa shape index (κ1) is 10.6. The van der Waals surface area contributed by atoms with Crippen LogP contribution in [0.15, 0.2) is 27.4 Å². The molecular formula is C13H15NO3. The molecule has 1 fully saturated rings. The van der Waals surface area contributed by atoms with Crippen molar-refractivity contribution in [1.82, 2.24) is 4.57 Å². The van der Waals surface area contributed by atoms with Crippen molar-refractivity contribution in [2.24, 2.45) is 7.05 Å². The van der Waals surface area contributed by atoms with Gasteiger partial charge < -0.3 is 9.52 Å². The molecule has 0 saturated heterocycles. The lowest BCUT2D eigenvalue weighted by molar-refractivity contribution is 0.120. The highest BCUT2D eigenvalue weighted by Gasteiger charge is 2.38. The summed E-state index contributed by atoms with van der Waals surface area (Å²) >= 11 is 0. The Morgan fingerprint density at radius 2 is 2.24 bits per heavy atom. The Bertz CT molecular complexity index is 614. The highest BCUT2D eigenvalue weighted by molar-refractivity contribution is 5.74. The zero-order valence-corrected chi connectivity index (χ0v) is 9.77. The predicted octanol–water partition coefficient (Wildman–Crippen LogP) is 1.55. The maximum atomic E-state index is 11.4. The molecule has 1 N–H and O–H groups in total. The number of rotatable bonds is 2. The molecule has 3 rings (SSSR count). The third-order valence-corrected chi connectivity index (χ3v) is 4.02. The molecule has 1 aromatic carbocycles. The molecule has 1 heterocycles. The molecule has 1 aliphatic rings. The third kappa shape index (κ3) is 1.37. The van der Waals surface area contributed by atoms with Gasteiger partial charge >= 0.3 is 5.76 Å². The van der Waals surface area contributed by atoms with E-state index >= 15 is 0 Å². The summed E-state index contributed by atoms with van der Waals surface area (Å²) in [5.74, 6) is -0.344. The van der Waals surface area contributed by atoms with Crippen molar-refractivity contribution in [1.29, 1.82) is 0 Å². The molecule has 0 aliphatic heterocycles. The quantitative estimate of drug-likeness (QED) is 0.856. The molecule has 1 aliphatic carbocycles. The van der Waals surface area contributed by atoms with Gasteiger partial charge in [-0.05, 0) is 30.5 Å². The number of aryl methyl sites for hydroxylation is 1. The topological polar surface area (TPSA) is 55.4 Å². The summed E-state index contributed by atoms with van der Waals surface area (Å²) < 4.78 is 6.66. The summed E-state index contributed by atoms with van der Waals surface area (Å²) in [6.07, 6.45) is 3.16. The predicted molar refractivity (Wildman–Crippen MR) is 64.1 cm³/mol. The first-order valence-corrected chi connectivity index (χ1v) is 5.87. The summed E-state index contributed by atoms with van der Waals surface area (Å²) in [4.78, 5) is 11.4. The molecule has 1 saturated carbocycles. The smallest absolute Gasteiger partial charge is 0.408 e. The van der Waals surface area contributed by atoms with Crippen LogP contribution in [0.4, 0.5) is 0 Å². The second-order valence-corrected chi connectivity index (χ2v) is 4.90. The first-order valence-electron chi connectivity index (χ1n) is 5.87. The monoisotopic (exact) mass is 233 g/mol. The molecule has 1 aromatic heterocycles. The van der Waals surface area contributed by atoms with Gasteiger partial charge in [0.2, 0.25) is 0 Å². The number of hydrogen-bond donors (Lipinski definition) is 1. The van der Waals surface area contributed by atoms with E-state index in [1.165, 1.54) is 4.57 Å². The average Bonchev–Trinajstić information content (AvgIpc) is 2.54. The molecule has 0 amide bonds. The number of benzene rings is 1. The standard InChI is InChI=1S/C13H15NO3/c1-14-10-4-3-9(7-11(10)17-12(14)16)13(8-15)5-2-6-13/h3-4,7,15H,2,5-6,8H2,1H3. The number of hydrogen-bond acceptors (Lipinski definition) is 3. The molecule has 0 bridgehead atoms. The zero-order valence-electron chi connectivity index (χ0n) is 9.77. The van der Waals surface area contributed by atoms with Crippen LogP contribution in [0.1, 0.15) is 24.8 Å². The molecule has 0 unspecified atom stereocenters. The van der Waals surface area contributed by atoms with Crippen molar-refractivity contribution in [3.8, 4) is 0 Å². The van der Waals surface area contributed by atoms with Crippen LogP contribution in [-0.2, 0) is 12.5 Å². The SMILES string of the molecule is Cn1c(=O)oc2cc(C3(CO)CCC3)ccc21. The van der Waals surface area contributed by atoms with Gasteiger partial charge in [0.15, 0.2) is 5.58 Å². The van der Waals surface area contributed by atoms with Crippen LogP contribution in [-0.4, -0.2) is 16.3 Å². The number of aromatic nitrogens is 1. The van der Waals surface area contributed by atoms with E-state index in [0.717, 1.165) is 30.3 Å². The molecular weight excluding hydrogens is 218 g/mol. The summed E-state index contributed by atoms with van der Waals surface area (Å²) in [7, 11) is 1.69. The fourth-order valence-electron chi connectivity index (χ4n) is 2.61. The van der Waals surface area contributed by atoms with Crippen LogP contribution in [0.25, 0.3) is 11.1 Å². The Morgan fingerprint density at radius 1 is 1.47 bits per heavy atom. The van der Waals surface area contributed by atoms with Gasteiger partial charge in [-0.1, -0.05) is 12.5 Å².